The minimum absolute atomic E-state index is 0.122. The second kappa shape index (κ2) is 4.49. The van der Waals surface area contributed by atoms with E-state index in [1.807, 2.05) is 32.0 Å². The van der Waals surface area contributed by atoms with Crippen molar-refractivity contribution >= 4 is 0 Å². The van der Waals surface area contributed by atoms with Gasteiger partial charge in [-0.1, -0.05) is 6.07 Å². The molecule has 2 aromatic rings. The maximum absolute atomic E-state index is 6.11. The van der Waals surface area contributed by atoms with Gasteiger partial charge in [-0.15, -0.1) is 0 Å². The number of nitrogens with zero attached hydrogens (tertiary/aromatic N) is 1. The molecule has 0 saturated carbocycles. The predicted octanol–water partition coefficient (Wildman–Crippen LogP) is 2.53. The van der Waals surface area contributed by atoms with Gasteiger partial charge in [-0.05, 0) is 37.1 Å². The van der Waals surface area contributed by atoms with Gasteiger partial charge in [-0.2, -0.15) is 0 Å². The van der Waals surface area contributed by atoms with Gasteiger partial charge in [0.1, 0.15) is 5.76 Å². The third kappa shape index (κ3) is 2.14. The summed E-state index contributed by atoms with van der Waals surface area (Å²) in [4.78, 5) is 4.34. The van der Waals surface area contributed by atoms with E-state index in [1.54, 1.807) is 12.5 Å². The average molecular weight is 216 g/mol. The third-order valence-corrected chi connectivity index (χ3v) is 2.77. The van der Waals surface area contributed by atoms with E-state index in [1.165, 1.54) is 5.56 Å². The van der Waals surface area contributed by atoms with Gasteiger partial charge in [0.2, 0.25) is 0 Å². The largest absolute Gasteiger partial charge is 0.467 e. The van der Waals surface area contributed by atoms with Crippen LogP contribution in [0.15, 0.2) is 35.1 Å². The van der Waals surface area contributed by atoms with Gasteiger partial charge in [-0.25, -0.2) is 0 Å². The molecule has 0 saturated heterocycles. The lowest BCUT2D eigenvalue weighted by Crippen LogP contribution is -2.15. The highest BCUT2D eigenvalue weighted by atomic mass is 16.3. The zero-order valence-electron chi connectivity index (χ0n) is 9.60. The Kier molecular flexibility index (Phi) is 3.06. The van der Waals surface area contributed by atoms with Crippen molar-refractivity contribution in [3.63, 3.8) is 0 Å². The Bertz CT molecular complexity index is 476. The van der Waals surface area contributed by atoms with Gasteiger partial charge in [0.05, 0.1) is 12.3 Å². The van der Waals surface area contributed by atoms with Crippen LogP contribution in [0.2, 0.25) is 0 Å². The quantitative estimate of drug-likeness (QED) is 0.857. The van der Waals surface area contributed by atoms with Crippen LogP contribution in [0.1, 0.15) is 28.6 Å². The van der Waals surface area contributed by atoms with Crippen molar-refractivity contribution < 1.29 is 4.42 Å². The van der Waals surface area contributed by atoms with Gasteiger partial charge in [0.15, 0.2) is 0 Å². The number of aryl methyl sites for hydroxylation is 2. The molecule has 0 aromatic carbocycles. The highest BCUT2D eigenvalue weighted by Crippen LogP contribution is 2.20. The topological polar surface area (TPSA) is 52.0 Å². The Morgan fingerprint density at radius 3 is 2.75 bits per heavy atom. The molecule has 0 aliphatic rings. The molecule has 0 bridgehead atoms. The van der Waals surface area contributed by atoms with Gasteiger partial charge in [-0.3, -0.25) is 4.98 Å². The molecule has 1 atom stereocenters. The monoisotopic (exact) mass is 216 g/mol. The number of rotatable bonds is 3. The molecule has 2 rings (SSSR count). The fraction of sp³-hybridized carbons (Fsp3) is 0.308. The molecule has 16 heavy (non-hydrogen) atoms. The fourth-order valence-corrected chi connectivity index (χ4v) is 1.80. The zero-order valence-corrected chi connectivity index (χ0v) is 9.60. The number of hydrogen-bond acceptors (Lipinski definition) is 3. The van der Waals surface area contributed by atoms with Crippen LogP contribution in [-0.2, 0) is 6.42 Å². The van der Waals surface area contributed by atoms with Crippen molar-refractivity contribution in [3.05, 3.63) is 53.2 Å². The predicted molar refractivity (Wildman–Crippen MR) is 63.1 cm³/mol. The Labute approximate surface area is 95.3 Å². The van der Waals surface area contributed by atoms with Gasteiger partial charge >= 0.3 is 0 Å². The van der Waals surface area contributed by atoms with Gasteiger partial charge in [0, 0.05) is 18.3 Å². The lowest BCUT2D eigenvalue weighted by atomic mass is 10.0. The van der Waals surface area contributed by atoms with Crippen LogP contribution in [0.3, 0.4) is 0 Å². The van der Waals surface area contributed by atoms with E-state index in [-0.39, 0.29) is 6.04 Å². The second-order valence-corrected chi connectivity index (χ2v) is 4.05. The summed E-state index contributed by atoms with van der Waals surface area (Å²) in [5.41, 5.74) is 9.41. The van der Waals surface area contributed by atoms with Crippen LogP contribution in [0, 0.1) is 13.8 Å². The molecule has 2 N–H and O–H groups in total. The van der Waals surface area contributed by atoms with Gasteiger partial charge < -0.3 is 10.2 Å². The molecule has 3 heteroatoms. The first kappa shape index (κ1) is 10.9. The van der Waals surface area contributed by atoms with Crippen LogP contribution in [0.5, 0.6) is 0 Å². The third-order valence-electron chi connectivity index (χ3n) is 2.77. The SMILES string of the molecule is Cc1cccnc1CC(N)c1occc1C. The van der Waals surface area contributed by atoms with Gasteiger partial charge in [0.25, 0.3) is 0 Å². The van der Waals surface area contributed by atoms with E-state index in [0.29, 0.717) is 6.42 Å². The molecule has 3 nitrogen and oxygen atoms in total. The zero-order chi connectivity index (χ0) is 11.5. The summed E-state index contributed by atoms with van der Waals surface area (Å²) in [6.07, 6.45) is 4.18. The maximum Gasteiger partial charge on any atom is 0.123 e. The Balaban J connectivity index is 2.17. The van der Waals surface area contributed by atoms with Crippen molar-refractivity contribution in [2.75, 3.05) is 0 Å². The van der Waals surface area contributed by atoms with Crippen molar-refractivity contribution in [2.24, 2.45) is 5.73 Å². The summed E-state index contributed by atoms with van der Waals surface area (Å²) >= 11 is 0. The summed E-state index contributed by atoms with van der Waals surface area (Å²) in [5.74, 6) is 0.852. The first-order valence-electron chi connectivity index (χ1n) is 5.38. The molecule has 0 amide bonds. The van der Waals surface area contributed by atoms with Crippen molar-refractivity contribution in [3.8, 4) is 0 Å². The maximum atomic E-state index is 6.11. The van der Waals surface area contributed by atoms with E-state index < -0.39 is 0 Å². The lowest BCUT2D eigenvalue weighted by molar-refractivity contribution is 0.459. The Morgan fingerprint density at radius 2 is 2.12 bits per heavy atom. The summed E-state index contributed by atoms with van der Waals surface area (Å²) < 4.78 is 5.39. The number of hydrogen-bond donors (Lipinski definition) is 1. The second-order valence-electron chi connectivity index (χ2n) is 4.05. The minimum Gasteiger partial charge on any atom is -0.467 e. The normalized spacial score (nSPS) is 12.7. The molecule has 84 valence electrons. The molecule has 2 aromatic heterocycles. The molecule has 0 spiro atoms. The van der Waals surface area contributed by atoms with Crippen molar-refractivity contribution in [1.29, 1.82) is 0 Å². The summed E-state index contributed by atoms with van der Waals surface area (Å²) in [6, 6.07) is 5.79. The van der Waals surface area contributed by atoms with E-state index in [0.717, 1.165) is 17.0 Å². The van der Waals surface area contributed by atoms with Crippen LogP contribution in [0.25, 0.3) is 0 Å². The van der Waals surface area contributed by atoms with E-state index in [4.69, 9.17) is 10.2 Å². The molecular formula is C13H16N2O. The van der Waals surface area contributed by atoms with Crippen LogP contribution in [0.4, 0.5) is 0 Å². The van der Waals surface area contributed by atoms with Crippen molar-refractivity contribution in [1.82, 2.24) is 4.98 Å². The number of furan rings is 1. The molecule has 2 heterocycles. The molecule has 1 unspecified atom stereocenters. The molecular weight excluding hydrogens is 200 g/mol. The number of pyridine rings is 1. The van der Waals surface area contributed by atoms with E-state index in [2.05, 4.69) is 4.98 Å². The first-order valence-corrected chi connectivity index (χ1v) is 5.38. The Morgan fingerprint density at radius 1 is 1.31 bits per heavy atom. The molecule has 0 aliphatic heterocycles. The van der Waals surface area contributed by atoms with E-state index in [9.17, 15) is 0 Å². The fourth-order valence-electron chi connectivity index (χ4n) is 1.80. The number of nitrogens with two attached hydrogens (primary N) is 1. The highest BCUT2D eigenvalue weighted by Gasteiger charge is 2.14. The van der Waals surface area contributed by atoms with Crippen molar-refractivity contribution in [2.45, 2.75) is 26.3 Å². The summed E-state index contributed by atoms with van der Waals surface area (Å²) in [6.45, 7) is 4.05. The summed E-state index contributed by atoms with van der Waals surface area (Å²) in [7, 11) is 0. The van der Waals surface area contributed by atoms with E-state index >= 15 is 0 Å². The lowest BCUT2D eigenvalue weighted by Gasteiger charge is -2.11. The smallest absolute Gasteiger partial charge is 0.123 e. The van der Waals surface area contributed by atoms with Crippen LogP contribution in [-0.4, -0.2) is 4.98 Å². The van der Waals surface area contributed by atoms with Crippen LogP contribution < -0.4 is 5.73 Å². The van der Waals surface area contributed by atoms with Crippen LogP contribution >= 0.6 is 0 Å². The minimum atomic E-state index is -0.122. The molecule has 0 fully saturated rings. The average Bonchev–Trinajstić information content (AvgIpc) is 2.68. The highest BCUT2D eigenvalue weighted by molar-refractivity contribution is 5.23. The number of aromatic nitrogens is 1. The molecule has 0 aliphatic carbocycles. The summed E-state index contributed by atoms with van der Waals surface area (Å²) in [5, 5.41) is 0. The molecule has 0 radical (unpaired) electrons. The standard InChI is InChI=1S/C13H16N2O/c1-9-4-3-6-15-12(9)8-11(14)13-10(2)5-7-16-13/h3-7,11H,8,14H2,1-2H3. The first-order chi connectivity index (χ1) is 7.68. The Hall–Kier alpha value is -1.61.